The van der Waals surface area contributed by atoms with Crippen molar-refractivity contribution in [2.75, 3.05) is 19.8 Å². The van der Waals surface area contributed by atoms with Crippen LogP contribution in [-0.2, 0) is 4.74 Å². The van der Waals surface area contributed by atoms with Gasteiger partial charge in [-0.3, -0.25) is 4.79 Å². The predicted molar refractivity (Wildman–Crippen MR) is 57.0 cm³/mol. The molecule has 1 aliphatic rings. The van der Waals surface area contributed by atoms with Gasteiger partial charge in [-0.25, -0.2) is 4.79 Å². The van der Waals surface area contributed by atoms with Gasteiger partial charge in [0.15, 0.2) is 5.76 Å². The number of nitrogens with zero attached hydrogens (tertiary/aromatic N) is 1. The van der Waals surface area contributed by atoms with E-state index >= 15 is 0 Å². The number of ether oxygens (including phenoxy) is 1. The van der Waals surface area contributed by atoms with E-state index in [1.807, 2.05) is 6.92 Å². The van der Waals surface area contributed by atoms with Gasteiger partial charge in [0.1, 0.15) is 0 Å². The number of amides is 1. The monoisotopic (exact) mass is 239 g/mol. The van der Waals surface area contributed by atoms with Crippen LogP contribution in [0.15, 0.2) is 16.5 Å². The Morgan fingerprint density at radius 2 is 2.12 bits per heavy atom. The molecular formula is C11H13NO5. The summed E-state index contributed by atoms with van der Waals surface area (Å²) in [6.07, 6.45) is 0. The van der Waals surface area contributed by atoms with Crippen LogP contribution >= 0.6 is 0 Å². The Morgan fingerprint density at radius 1 is 1.41 bits per heavy atom. The van der Waals surface area contributed by atoms with Crippen molar-refractivity contribution in [3.8, 4) is 0 Å². The molecule has 0 aromatic carbocycles. The Labute approximate surface area is 97.8 Å². The number of aromatic carboxylic acids is 1. The molecule has 1 N–H and O–H groups in total. The predicted octanol–water partition coefficient (Wildman–Crippen LogP) is 0.839. The van der Waals surface area contributed by atoms with Crippen molar-refractivity contribution in [1.82, 2.24) is 4.90 Å². The topological polar surface area (TPSA) is 80.0 Å². The minimum absolute atomic E-state index is 0.0328. The summed E-state index contributed by atoms with van der Waals surface area (Å²) in [6, 6.07) is 2.63. The maximum absolute atomic E-state index is 12.0. The van der Waals surface area contributed by atoms with Crippen LogP contribution in [0.4, 0.5) is 0 Å². The number of hydrogen-bond acceptors (Lipinski definition) is 4. The minimum Gasteiger partial charge on any atom is -0.475 e. The van der Waals surface area contributed by atoms with E-state index in [0.717, 1.165) is 0 Å². The SMILES string of the molecule is CC1COCCN1C(=O)c1ccc(C(=O)O)o1. The average Bonchev–Trinajstić information content (AvgIpc) is 2.78. The fraction of sp³-hybridized carbons (Fsp3) is 0.455. The molecule has 6 nitrogen and oxygen atoms in total. The second-order valence-corrected chi connectivity index (χ2v) is 3.89. The molecule has 0 saturated carbocycles. The lowest BCUT2D eigenvalue weighted by Gasteiger charge is -2.32. The van der Waals surface area contributed by atoms with E-state index in [2.05, 4.69) is 0 Å². The zero-order chi connectivity index (χ0) is 12.4. The Hall–Kier alpha value is -1.82. The molecule has 1 saturated heterocycles. The molecule has 1 atom stereocenters. The van der Waals surface area contributed by atoms with E-state index in [9.17, 15) is 9.59 Å². The summed E-state index contributed by atoms with van der Waals surface area (Å²) in [6.45, 7) is 3.34. The second-order valence-electron chi connectivity index (χ2n) is 3.89. The molecule has 0 spiro atoms. The highest BCUT2D eigenvalue weighted by Gasteiger charge is 2.27. The number of carboxylic acid groups (broad SMARTS) is 1. The zero-order valence-electron chi connectivity index (χ0n) is 9.38. The number of furan rings is 1. The van der Waals surface area contributed by atoms with E-state index < -0.39 is 5.97 Å². The van der Waals surface area contributed by atoms with Crippen LogP contribution in [0.3, 0.4) is 0 Å². The first-order chi connectivity index (χ1) is 8.09. The van der Waals surface area contributed by atoms with Gasteiger partial charge in [-0.05, 0) is 19.1 Å². The summed E-state index contributed by atoms with van der Waals surface area (Å²) < 4.78 is 10.2. The number of carboxylic acids is 1. The molecular weight excluding hydrogens is 226 g/mol. The largest absolute Gasteiger partial charge is 0.475 e. The van der Waals surface area contributed by atoms with E-state index in [1.165, 1.54) is 12.1 Å². The first kappa shape index (κ1) is 11.7. The number of carbonyl (C=O) groups is 2. The minimum atomic E-state index is -1.18. The van der Waals surface area contributed by atoms with E-state index in [0.29, 0.717) is 19.8 Å². The van der Waals surface area contributed by atoms with Gasteiger partial charge < -0.3 is 19.2 Å². The molecule has 0 aliphatic carbocycles. The fourth-order valence-electron chi connectivity index (χ4n) is 1.74. The van der Waals surface area contributed by atoms with Crippen LogP contribution in [-0.4, -0.2) is 47.7 Å². The lowest BCUT2D eigenvalue weighted by molar-refractivity contribution is 0.00187. The highest BCUT2D eigenvalue weighted by atomic mass is 16.5. The average molecular weight is 239 g/mol. The molecule has 0 radical (unpaired) electrons. The standard InChI is InChI=1S/C11H13NO5/c1-7-6-16-5-4-12(7)10(13)8-2-3-9(17-8)11(14)15/h2-3,7H,4-6H2,1H3,(H,14,15). The second kappa shape index (κ2) is 4.58. The number of morpholine rings is 1. The van der Waals surface area contributed by atoms with Crippen LogP contribution in [0.25, 0.3) is 0 Å². The quantitative estimate of drug-likeness (QED) is 0.827. The van der Waals surface area contributed by atoms with E-state index in [-0.39, 0.29) is 23.5 Å². The van der Waals surface area contributed by atoms with Gasteiger partial charge in [0.25, 0.3) is 5.91 Å². The molecule has 1 amide bonds. The Kier molecular flexibility index (Phi) is 3.14. The van der Waals surface area contributed by atoms with Crippen LogP contribution in [0, 0.1) is 0 Å². The number of rotatable bonds is 2. The van der Waals surface area contributed by atoms with Crippen molar-refractivity contribution in [3.05, 3.63) is 23.7 Å². The molecule has 92 valence electrons. The summed E-state index contributed by atoms with van der Waals surface area (Å²) in [5.41, 5.74) is 0. The van der Waals surface area contributed by atoms with Gasteiger partial charge >= 0.3 is 5.97 Å². The van der Waals surface area contributed by atoms with E-state index in [4.69, 9.17) is 14.3 Å². The first-order valence-electron chi connectivity index (χ1n) is 5.31. The lowest BCUT2D eigenvalue weighted by atomic mass is 10.2. The van der Waals surface area contributed by atoms with Gasteiger partial charge in [0.05, 0.1) is 19.3 Å². The summed E-state index contributed by atoms with van der Waals surface area (Å²) in [7, 11) is 0. The third-order valence-corrected chi connectivity index (χ3v) is 2.66. The number of carbonyl (C=O) groups excluding carboxylic acids is 1. The van der Waals surface area contributed by atoms with Crippen molar-refractivity contribution in [2.45, 2.75) is 13.0 Å². The molecule has 1 aliphatic heterocycles. The number of hydrogen-bond donors (Lipinski definition) is 1. The van der Waals surface area contributed by atoms with Gasteiger partial charge in [-0.1, -0.05) is 0 Å². The van der Waals surface area contributed by atoms with Crippen LogP contribution in [0.2, 0.25) is 0 Å². The van der Waals surface area contributed by atoms with Crippen molar-refractivity contribution in [3.63, 3.8) is 0 Å². The van der Waals surface area contributed by atoms with Gasteiger partial charge in [-0.15, -0.1) is 0 Å². The molecule has 17 heavy (non-hydrogen) atoms. The Bertz CT molecular complexity index is 439. The molecule has 1 aromatic heterocycles. The highest BCUT2D eigenvalue weighted by Crippen LogP contribution is 2.15. The van der Waals surface area contributed by atoms with Crippen LogP contribution in [0.1, 0.15) is 28.0 Å². The summed E-state index contributed by atoms with van der Waals surface area (Å²) in [5, 5.41) is 8.70. The normalized spacial score (nSPS) is 20.3. The molecule has 6 heteroatoms. The van der Waals surface area contributed by atoms with Gasteiger partial charge in [0.2, 0.25) is 5.76 Å². The highest BCUT2D eigenvalue weighted by molar-refractivity contribution is 5.93. The summed E-state index contributed by atoms with van der Waals surface area (Å²) in [4.78, 5) is 24.3. The van der Waals surface area contributed by atoms with Crippen molar-refractivity contribution < 1.29 is 23.8 Å². The Balaban J connectivity index is 2.15. The molecule has 1 unspecified atom stereocenters. The fourth-order valence-corrected chi connectivity index (χ4v) is 1.74. The Morgan fingerprint density at radius 3 is 2.71 bits per heavy atom. The molecule has 1 aromatic rings. The van der Waals surface area contributed by atoms with Crippen molar-refractivity contribution in [2.24, 2.45) is 0 Å². The maximum atomic E-state index is 12.0. The van der Waals surface area contributed by atoms with Crippen LogP contribution in [0.5, 0.6) is 0 Å². The molecule has 0 bridgehead atoms. The molecule has 1 fully saturated rings. The smallest absolute Gasteiger partial charge is 0.371 e. The summed E-state index contributed by atoms with van der Waals surface area (Å²) in [5.74, 6) is -1.65. The van der Waals surface area contributed by atoms with Gasteiger partial charge in [0, 0.05) is 6.54 Å². The van der Waals surface area contributed by atoms with Crippen LogP contribution < -0.4 is 0 Å². The van der Waals surface area contributed by atoms with Gasteiger partial charge in [-0.2, -0.15) is 0 Å². The zero-order valence-corrected chi connectivity index (χ0v) is 9.38. The summed E-state index contributed by atoms with van der Waals surface area (Å²) >= 11 is 0. The maximum Gasteiger partial charge on any atom is 0.371 e. The first-order valence-corrected chi connectivity index (χ1v) is 5.31. The third kappa shape index (κ3) is 2.31. The molecule has 2 rings (SSSR count). The van der Waals surface area contributed by atoms with E-state index in [1.54, 1.807) is 4.90 Å². The van der Waals surface area contributed by atoms with Crippen molar-refractivity contribution in [1.29, 1.82) is 0 Å². The third-order valence-electron chi connectivity index (χ3n) is 2.66. The van der Waals surface area contributed by atoms with Crippen molar-refractivity contribution >= 4 is 11.9 Å². The lowest BCUT2D eigenvalue weighted by Crippen LogP contribution is -2.47. The molecule has 2 heterocycles.